The van der Waals surface area contributed by atoms with Gasteiger partial charge in [-0.15, -0.1) is 0 Å². The lowest BCUT2D eigenvalue weighted by molar-refractivity contribution is 0.861. The van der Waals surface area contributed by atoms with Crippen molar-refractivity contribution < 1.29 is 0 Å². The van der Waals surface area contributed by atoms with Crippen molar-refractivity contribution in [3.8, 4) is 0 Å². The van der Waals surface area contributed by atoms with E-state index < -0.39 is 0 Å². The van der Waals surface area contributed by atoms with E-state index in [1.54, 1.807) is 0 Å². The lowest BCUT2D eigenvalue weighted by Gasteiger charge is -2.16. The monoisotopic (exact) mass is 351 g/mol. The fraction of sp³-hybridized carbons (Fsp3) is 0.250. The van der Waals surface area contributed by atoms with Crippen molar-refractivity contribution in [2.75, 3.05) is 0 Å². The first-order chi connectivity index (χ1) is 8.63. The van der Waals surface area contributed by atoms with Crippen LogP contribution in [0.2, 0.25) is 0 Å². The van der Waals surface area contributed by atoms with E-state index >= 15 is 0 Å². The number of nitrogens with two attached hydrogens (primary N) is 1. The van der Waals surface area contributed by atoms with E-state index in [0.29, 0.717) is 0 Å². The summed E-state index contributed by atoms with van der Waals surface area (Å²) in [6, 6.07) is 14.9. The third-order valence-corrected chi connectivity index (χ3v) is 4.78. The topological polar surface area (TPSA) is 26.0 Å². The molecule has 0 fully saturated rings. The van der Waals surface area contributed by atoms with Gasteiger partial charge in [0.15, 0.2) is 0 Å². The maximum Gasteiger partial charge on any atom is 0.0562 e. The Bertz CT molecular complexity index is 531. The largest absolute Gasteiger partial charge is 0.320 e. The Labute approximate surface area is 123 Å². The summed E-state index contributed by atoms with van der Waals surface area (Å²) in [5, 5.41) is 0. The van der Waals surface area contributed by atoms with Crippen molar-refractivity contribution in [1.29, 1.82) is 0 Å². The molecule has 0 amide bonds. The first-order valence-corrected chi connectivity index (χ1v) is 7.30. The molecule has 0 aliphatic heterocycles. The van der Waals surface area contributed by atoms with Crippen LogP contribution in [-0.2, 0) is 6.42 Å². The molecule has 0 aliphatic carbocycles. The molecule has 0 radical (unpaired) electrons. The van der Waals surface area contributed by atoms with Gasteiger partial charge < -0.3 is 5.73 Å². The van der Waals surface area contributed by atoms with E-state index in [0.717, 1.165) is 6.42 Å². The Balaban J connectivity index is 2.35. The molecule has 0 heterocycles. The zero-order valence-corrected chi connectivity index (χ0v) is 12.9. The maximum absolute atomic E-state index is 6.37. The van der Waals surface area contributed by atoms with Crippen molar-refractivity contribution >= 4 is 22.6 Å². The van der Waals surface area contributed by atoms with Gasteiger partial charge in [-0.2, -0.15) is 0 Å². The van der Waals surface area contributed by atoms with Crippen LogP contribution in [0.1, 0.15) is 35.2 Å². The second-order valence-electron chi connectivity index (χ2n) is 4.55. The number of rotatable bonds is 3. The van der Waals surface area contributed by atoms with Gasteiger partial charge in [0.05, 0.1) is 6.04 Å². The van der Waals surface area contributed by atoms with Crippen molar-refractivity contribution in [1.82, 2.24) is 0 Å². The summed E-state index contributed by atoms with van der Waals surface area (Å²) in [5.41, 5.74) is 11.4. The average molecular weight is 351 g/mol. The summed E-state index contributed by atoms with van der Waals surface area (Å²) in [7, 11) is 0. The highest BCUT2D eigenvalue weighted by Gasteiger charge is 2.12. The number of halogens is 1. The highest BCUT2D eigenvalue weighted by molar-refractivity contribution is 14.1. The van der Waals surface area contributed by atoms with Crippen LogP contribution in [-0.4, -0.2) is 0 Å². The SMILES string of the molecule is CCc1ccc(C(N)c2cccc(C)c2I)cc1. The minimum absolute atomic E-state index is 0.0392. The molecule has 0 saturated carbocycles. The predicted octanol–water partition coefficient (Wildman–Crippen LogP) is 4.21. The van der Waals surface area contributed by atoms with Crippen LogP contribution in [0.25, 0.3) is 0 Å². The van der Waals surface area contributed by atoms with Gasteiger partial charge in [-0.1, -0.05) is 49.4 Å². The van der Waals surface area contributed by atoms with Crippen LogP contribution in [0.4, 0.5) is 0 Å². The second-order valence-corrected chi connectivity index (χ2v) is 5.63. The van der Waals surface area contributed by atoms with Crippen molar-refractivity contribution in [2.24, 2.45) is 5.73 Å². The van der Waals surface area contributed by atoms with Gasteiger partial charge in [0.2, 0.25) is 0 Å². The van der Waals surface area contributed by atoms with Gasteiger partial charge in [0.1, 0.15) is 0 Å². The predicted molar refractivity (Wildman–Crippen MR) is 85.7 cm³/mol. The van der Waals surface area contributed by atoms with Crippen LogP contribution >= 0.6 is 22.6 Å². The smallest absolute Gasteiger partial charge is 0.0562 e. The molecular formula is C16H18IN. The molecule has 0 aromatic heterocycles. The standard InChI is InChI=1S/C16H18IN/c1-3-12-7-9-13(10-8-12)16(18)14-6-4-5-11(2)15(14)17/h4-10,16H,3,18H2,1-2H3. The maximum atomic E-state index is 6.37. The van der Waals surface area contributed by atoms with E-state index in [9.17, 15) is 0 Å². The Hall–Kier alpha value is -0.870. The second kappa shape index (κ2) is 5.85. The molecule has 0 saturated heterocycles. The summed E-state index contributed by atoms with van der Waals surface area (Å²) in [6.45, 7) is 4.29. The molecule has 2 rings (SSSR count). The van der Waals surface area contributed by atoms with E-state index in [1.807, 2.05) is 0 Å². The van der Waals surface area contributed by atoms with Gasteiger partial charge in [0.25, 0.3) is 0 Å². The Morgan fingerprint density at radius 2 is 1.78 bits per heavy atom. The van der Waals surface area contributed by atoms with Gasteiger partial charge in [-0.25, -0.2) is 0 Å². The first kappa shape index (κ1) is 13.6. The number of benzene rings is 2. The summed E-state index contributed by atoms with van der Waals surface area (Å²) in [5.74, 6) is 0. The summed E-state index contributed by atoms with van der Waals surface area (Å²) < 4.78 is 1.27. The Morgan fingerprint density at radius 1 is 1.11 bits per heavy atom. The third-order valence-electron chi connectivity index (χ3n) is 3.30. The Kier molecular flexibility index (Phi) is 4.40. The van der Waals surface area contributed by atoms with Crippen molar-refractivity contribution in [3.05, 3.63) is 68.3 Å². The normalized spacial score (nSPS) is 12.4. The van der Waals surface area contributed by atoms with E-state index in [1.165, 1.54) is 25.8 Å². The zero-order valence-electron chi connectivity index (χ0n) is 10.8. The molecule has 1 atom stereocenters. The molecule has 0 aliphatic rings. The highest BCUT2D eigenvalue weighted by atomic mass is 127. The quantitative estimate of drug-likeness (QED) is 0.824. The molecular weight excluding hydrogens is 333 g/mol. The van der Waals surface area contributed by atoms with Crippen LogP contribution in [0, 0.1) is 10.5 Å². The number of hydrogen-bond acceptors (Lipinski definition) is 1. The van der Waals surface area contributed by atoms with Gasteiger partial charge >= 0.3 is 0 Å². The van der Waals surface area contributed by atoms with Gasteiger partial charge in [0, 0.05) is 3.57 Å². The zero-order chi connectivity index (χ0) is 13.1. The molecule has 0 bridgehead atoms. The lowest BCUT2D eigenvalue weighted by Crippen LogP contribution is -2.13. The first-order valence-electron chi connectivity index (χ1n) is 6.23. The van der Waals surface area contributed by atoms with E-state index in [4.69, 9.17) is 5.73 Å². The van der Waals surface area contributed by atoms with Crippen LogP contribution in [0.3, 0.4) is 0 Å². The molecule has 94 valence electrons. The van der Waals surface area contributed by atoms with E-state index in [2.05, 4.69) is 78.9 Å². The number of aryl methyl sites for hydroxylation is 2. The fourth-order valence-electron chi connectivity index (χ4n) is 2.05. The molecule has 18 heavy (non-hydrogen) atoms. The van der Waals surface area contributed by atoms with Crippen LogP contribution in [0.5, 0.6) is 0 Å². The molecule has 2 heteroatoms. The molecule has 1 unspecified atom stereocenters. The fourth-order valence-corrected chi connectivity index (χ4v) is 2.75. The molecule has 2 aromatic rings. The number of hydrogen-bond donors (Lipinski definition) is 1. The van der Waals surface area contributed by atoms with Crippen molar-refractivity contribution in [2.45, 2.75) is 26.3 Å². The minimum Gasteiger partial charge on any atom is -0.320 e. The molecule has 1 nitrogen and oxygen atoms in total. The van der Waals surface area contributed by atoms with Crippen molar-refractivity contribution in [3.63, 3.8) is 0 Å². The highest BCUT2D eigenvalue weighted by Crippen LogP contribution is 2.26. The van der Waals surface area contributed by atoms with Crippen LogP contribution < -0.4 is 5.73 Å². The summed E-state index contributed by atoms with van der Waals surface area (Å²) >= 11 is 2.38. The lowest BCUT2D eigenvalue weighted by atomic mass is 9.97. The minimum atomic E-state index is -0.0392. The Morgan fingerprint density at radius 3 is 2.39 bits per heavy atom. The van der Waals surface area contributed by atoms with E-state index in [-0.39, 0.29) is 6.04 Å². The molecule has 2 N–H and O–H groups in total. The average Bonchev–Trinajstić information content (AvgIpc) is 2.41. The third kappa shape index (κ3) is 2.75. The van der Waals surface area contributed by atoms with Crippen LogP contribution in [0.15, 0.2) is 42.5 Å². The summed E-state index contributed by atoms with van der Waals surface area (Å²) in [4.78, 5) is 0. The van der Waals surface area contributed by atoms with Gasteiger partial charge in [-0.05, 0) is 58.2 Å². The molecule has 2 aromatic carbocycles. The van der Waals surface area contributed by atoms with Gasteiger partial charge in [-0.3, -0.25) is 0 Å². The molecule has 0 spiro atoms. The summed E-state index contributed by atoms with van der Waals surface area (Å²) in [6.07, 6.45) is 1.07.